The number of methoxy groups -OCH3 is 1. The number of carbonyl (C=O) groups is 1. The van der Waals surface area contributed by atoms with Crippen molar-refractivity contribution in [1.29, 1.82) is 0 Å². The van der Waals surface area contributed by atoms with Crippen LogP contribution in [0.4, 0.5) is 0 Å². The van der Waals surface area contributed by atoms with Crippen LogP contribution in [0.25, 0.3) is 0 Å². The van der Waals surface area contributed by atoms with E-state index in [-0.39, 0.29) is 5.78 Å². The zero-order valence-electron chi connectivity index (χ0n) is 8.27. The number of halogens is 2. The van der Waals surface area contributed by atoms with E-state index in [0.29, 0.717) is 27.8 Å². The van der Waals surface area contributed by atoms with Gasteiger partial charge in [0, 0.05) is 12.0 Å². The summed E-state index contributed by atoms with van der Waals surface area (Å²) < 4.78 is 5.10. The van der Waals surface area contributed by atoms with Gasteiger partial charge in [-0.1, -0.05) is 23.2 Å². The fourth-order valence-electron chi connectivity index (χ4n) is 1.88. The highest BCUT2D eigenvalue weighted by molar-refractivity contribution is 6.38. The van der Waals surface area contributed by atoms with E-state index < -0.39 is 0 Å². The molecule has 2 nitrogen and oxygen atoms in total. The number of carbonyl (C=O) groups excluding carboxylic acids is 1. The maximum absolute atomic E-state index is 11.6. The molecule has 0 saturated carbocycles. The molecule has 0 bridgehead atoms. The summed E-state index contributed by atoms with van der Waals surface area (Å²) in [5.74, 6) is 0.578. The zero-order chi connectivity index (χ0) is 11.0. The second-order valence-electron chi connectivity index (χ2n) is 3.51. The Morgan fingerprint density at radius 3 is 2.73 bits per heavy atom. The number of hydrogen-bond donors (Lipinski definition) is 0. The maximum atomic E-state index is 11.6. The molecule has 0 fully saturated rings. The van der Waals surface area contributed by atoms with Crippen molar-refractivity contribution < 1.29 is 9.53 Å². The summed E-state index contributed by atoms with van der Waals surface area (Å²) >= 11 is 12.1. The molecule has 0 saturated heterocycles. The van der Waals surface area contributed by atoms with Gasteiger partial charge >= 0.3 is 0 Å². The summed E-state index contributed by atoms with van der Waals surface area (Å²) in [4.78, 5) is 11.6. The first kappa shape index (κ1) is 10.8. The molecule has 0 N–H and O–H groups in total. The summed E-state index contributed by atoms with van der Waals surface area (Å²) in [5.41, 5.74) is 1.52. The summed E-state index contributed by atoms with van der Waals surface area (Å²) in [6.07, 6.45) is 2.23. The highest BCUT2D eigenvalue weighted by atomic mass is 35.5. The third-order valence-electron chi connectivity index (χ3n) is 2.61. The van der Waals surface area contributed by atoms with Crippen LogP contribution in [-0.4, -0.2) is 12.9 Å². The van der Waals surface area contributed by atoms with Crippen LogP contribution in [0.3, 0.4) is 0 Å². The molecule has 0 aliphatic heterocycles. The molecule has 0 aromatic heterocycles. The average Bonchev–Trinajstić information content (AvgIpc) is 2.20. The first-order valence-electron chi connectivity index (χ1n) is 4.73. The predicted molar refractivity (Wildman–Crippen MR) is 60.3 cm³/mol. The van der Waals surface area contributed by atoms with Gasteiger partial charge in [0.25, 0.3) is 0 Å². The summed E-state index contributed by atoms with van der Waals surface area (Å²) in [6.45, 7) is 0. The first-order chi connectivity index (χ1) is 7.15. The number of hydrogen-bond acceptors (Lipinski definition) is 2. The van der Waals surface area contributed by atoms with Crippen molar-refractivity contribution in [2.24, 2.45) is 0 Å². The van der Waals surface area contributed by atoms with Crippen molar-refractivity contribution in [1.82, 2.24) is 0 Å². The molecule has 2 rings (SSSR count). The standard InChI is InChI=1S/C11H10Cl2O2/c1-15-11-8(12)5-7-6(10(11)13)3-2-4-9(7)14/h5H,2-4H2,1H3. The molecular weight excluding hydrogens is 235 g/mol. The van der Waals surface area contributed by atoms with E-state index in [9.17, 15) is 4.79 Å². The van der Waals surface area contributed by atoms with Crippen LogP contribution in [-0.2, 0) is 6.42 Å². The number of ether oxygens (including phenoxy) is 1. The zero-order valence-corrected chi connectivity index (χ0v) is 9.78. The Balaban J connectivity index is 2.66. The van der Waals surface area contributed by atoms with Gasteiger partial charge in [0.2, 0.25) is 0 Å². The van der Waals surface area contributed by atoms with Crippen molar-refractivity contribution >= 4 is 29.0 Å². The lowest BCUT2D eigenvalue weighted by atomic mass is 9.90. The number of benzene rings is 1. The second-order valence-corrected chi connectivity index (χ2v) is 4.29. The molecule has 0 amide bonds. The van der Waals surface area contributed by atoms with Crippen LogP contribution in [0.1, 0.15) is 28.8 Å². The largest absolute Gasteiger partial charge is 0.494 e. The van der Waals surface area contributed by atoms with E-state index in [1.165, 1.54) is 7.11 Å². The lowest BCUT2D eigenvalue weighted by Gasteiger charge is -2.18. The number of fused-ring (bicyclic) bond motifs is 1. The van der Waals surface area contributed by atoms with Crippen molar-refractivity contribution in [2.75, 3.05) is 7.11 Å². The fraction of sp³-hybridized carbons (Fsp3) is 0.364. The van der Waals surface area contributed by atoms with Crippen LogP contribution >= 0.6 is 23.2 Å². The Labute approximate surface area is 98.1 Å². The molecule has 1 aliphatic carbocycles. The minimum atomic E-state index is 0.114. The van der Waals surface area contributed by atoms with Gasteiger partial charge in [-0.15, -0.1) is 0 Å². The van der Waals surface area contributed by atoms with Crippen molar-refractivity contribution in [2.45, 2.75) is 19.3 Å². The van der Waals surface area contributed by atoms with Crippen LogP contribution < -0.4 is 4.74 Å². The molecule has 0 spiro atoms. The van der Waals surface area contributed by atoms with Gasteiger partial charge in [-0.3, -0.25) is 4.79 Å². The normalized spacial score (nSPS) is 15.0. The molecule has 1 aliphatic rings. The fourth-order valence-corrected chi connectivity index (χ4v) is 2.58. The number of rotatable bonds is 1. The van der Waals surface area contributed by atoms with E-state index in [4.69, 9.17) is 27.9 Å². The molecule has 15 heavy (non-hydrogen) atoms. The molecule has 4 heteroatoms. The second kappa shape index (κ2) is 4.03. The van der Waals surface area contributed by atoms with Gasteiger partial charge in [-0.05, 0) is 24.5 Å². The predicted octanol–water partition coefficient (Wildman–Crippen LogP) is 3.52. The van der Waals surface area contributed by atoms with E-state index in [2.05, 4.69) is 0 Å². The van der Waals surface area contributed by atoms with E-state index >= 15 is 0 Å². The molecule has 0 radical (unpaired) electrons. The van der Waals surface area contributed by atoms with Gasteiger partial charge in [0.05, 0.1) is 17.2 Å². The smallest absolute Gasteiger partial charge is 0.163 e. The first-order valence-corrected chi connectivity index (χ1v) is 5.48. The maximum Gasteiger partial charge on any atom is 0.163 e. The lowest BCUT2D eigenvalue weighted by molar-refractivity contribution is 0.0972. The third-order valence-corrected chi connectivity index (χ3v) is 3.29. The number of Topliss-reactive ketones (excluding diaryl/α,β-unsaturated/α-hetero) is 1. The Kier molecular flexibility index (Phi) is 2.89. The van der Waals surface area contributed by atoms with Crippen molar-refractivity contribution in [3.8, 4) is 5.75 Å². The Bertz CT molecular complexity index is 427. The molecule has 1 aromatic rings. The molecular formula is C11H10Cl2O2. The van der Waals surface area contributed by atoms with Gasteiger partial charge in [-0.25, -0.2) is 0 Å². The van der Waals surface area contributed by atoms with Crippen LogP contribution in [0.15, 0.2) is 6.07 Å². The molecule has 0 heterocycles. The molecule has 80 valence electrons. The van der Waals surface area contributed by atoms with E-state index in [0.717, 1.165) is 18.4 Å². The highest BCUT2D eigenvalue weighted by Gasteiger charge is 2.23. The third kappa shape index (κ3) is 1.72. The lowest BCUT2D eigenvalue weighted by Crippen LogP contribution is -2.11. The molecule has 0 atom stereocenters. The Morgan fingerprint density at radius 2 is 2.07 bits per heavy atom. The van der Waals surface area contributed by atoms with Crippen LogP contribution in [0.2, 0.25) is 10.0 Å². The van der Waals surface area contributed by atoms with Gasteiger partial charge < -0.3 is 4.74 Å². The van der Waals surface area contributed by atoms with Gasteiger partial charge in [0.15, 0.2) is 11.5 Å². The SMILES string of the molecule is COc1c(Cl)cc2c(c1Cl)CCCC2=O. The van der Waals surface area contributed by atoms with Crippen LogP contribution in [0.5, 0.6) is 5.75 Å². The number of ketones is 1. The summed E-state index contributed by atoms with van der Waals surface area (Å²) in [6, 6.07) is 1.66. The quantitative estimate of drug-likeness (QED) is 0.756. The summed E-state index contributed by atoms with van der Waals surface area (Å²) in [5, 5.41) is 0.879. The van der Waals surface area contributed by atoms with Gasteiger partial charge in [-0.2, -0.15) is 0 Å². The van der Waals surface area contributed by atoms with Crippen LogP contribution in [0, 0.1) is 0 Å². The monoisotopic (exact) mass is 244 g/mol. The average molecular weight is 245 g/mol. The molecule has 0 unspecified atom stereocenters. The minimum absolute atomic E-state index is 0.114. The molecule has 1 aromatic carbocycles. The van der Waals surface area contributed by atoms with E-state index in [1.807, 2.05) is 0 Å². The topological polar surface area (TPSA) is 26.3 Å². The Morgan fingerprint density at radius 1 is 1.33 bits per heavy atom. The van der Waals surface area contributed by atoms with Crippen molar-refractivity contribution in [3.63, 3.8) is 0 Å². The highest BCUT2D eigenvalue weighted by Crippen LogP contribution is 2.40. The summed E-state index contributed by atoms with van der Waals surface area (Å²) in [7, 11) is 1.52. The van der Waals surface area contributed by atoms with Crippen molar-refractivity contribution in [3.05, 3.63) is 27.2 Å². The van der Waals surface area contributed by atoms with E-state index in [1.54, 1.807) is 6.07 Å². The van der Waals surface area contributed by atoms with Gasteiger partial charge in [0.1, 0.15) is 0 Å². The Hall–Kier alpha value is -0.730. The minimum Gasteiger partial charge on any atom is -0.494 e.